The van der Waals surface area contributed by atoms with Gasteiger partial charge in [-0.1, -0.05) is 13.8 Å². The number of ketones is 1. The van der Waals surface area contributed by atoms with E-state index < -0.39 is 11.7 Å². The zero-order valence-corrected chi connectivity index (χ0v) is 11.3. The molecule has 0 radical (unpaired) electrons. The summed E-state index contributed by atoms with van der Waals surface area (Å²) in [6.45, 7) is 6.62. The van der Waals surface area contributed by atoms with Crippen LogP contribution in [0.4, 0.5) is 11.4 Å². The van der Waals surface area contributed by atoms with Crippen molar-refractivity contribution in [2.24, 2.45) is 11.8 Å². The van der Waals surface area contributed by atoms with E-state index in [9.17, 15) is 9.59 Å². The van der Waals surface area contributed by atoms with Crippen LogP contribution < -0.4 is 10.2 Å². The van der Waals surface area contributed by atoms with E-state index in [1.165, 1.54) is 6.42 Å². The standard InChI is InChI=1S/C15H18N2O2/c1-9(2)10-5-6-17(8-10)11-3-4-12-13(7-11)16-15(19)14(12)18/h3-4,7,9-10H,5-6,8H2,1-2H3,(H,16,18,19). The number of hydrogen-bond acceptors (Lipinski definition) is 3. The molecule has 0 aromatic heterocycles. The van der Waals surface area contributed by atoms with Crippen LogP contribution in [0.15, 0.2) is 18.2 Å². The molecule has 1 amide bonds. The van der Waals surface area contributed by atoms with Crippen LogP contribution in [0.5, 0.6) is 0 Å². The van der Waals surface area contributed by atoms with Crippen molar-refractivity contribution in [2.75, 3.05) is 23.3 Å². The molecule has 1 aromatic carbocycles. The van der Waals surface area contributed by atoms with Crippen LogP contribution in [0.1, 0.15) is 30.6 Å². The van der Waals surface area contributed by atoms with Crippen LogP contribution in [0.25, 0.3) is 0 Å². The van der Waals surface area contributed by atoms with Crippen molar-refractivity contribution in [3.05, 3.63) is 23.8 Å². The summed E-state index contributed by atoms with van der Waals surface area (Å²) in [4.78, 5) is 25.2. The van der Waals surface area contributed by atoms with Crippen molar-refractivity contribution in [3.8, 4) is 0 Å². The van der Waals surface area contributed by atoms with E-state index in [0.717, 1.165) is 24.7 Å². The van der Waals surface area contributed by atoms with Crippen LogP contribution in [0, 0.1) is 11.8 Å². The first-order valence-corrected chi connectivity index (χ1v) is 6.81. The van der Waals surface area contributed by atoms with Crippen LogP contribution in [-0.2, 0) is 4.79 Å². The lowest BCUT2D eigenvalue weighted by atomic mass is 9.95. The summed E-state index contributed by atoms with van der Waals surface area (Å²) >= 11 is 0. The fourth-order valence-corrected chi connectivity index (χ4v) is 2.90. The Labute approximate surface area is 112 Å². The highest BCUT2D eigenvalue weighted by atomic mass is 16.2. The van der Waals surface area contributed by atoms with Gasteiger partial charge in [-0.3, -0.25) is 9.59 Å². The molecule has 100 valence electrons. The fourth-order valence-electron chi connectivity index (χ4n) is 2.90. The predicted molar refractivity (Wildman–Crippen MR) is 74.6 cm³/mol. The molecule has 1 N–H and O–H groups in total. The number of rotatable bonds is 2. The highest BCUT2D eigenvalue weighted by molar-refractivity contribution is 6.51. The lowest BCUT2D eigenvalue weighted by molar-refractivity contribution is -0.112. The topological polar surface area (TPSA) is 49.4 Å². The first kappa shape index (κ1) is 12.2. The Balaban J connectivity index is 1.83. The molecule has 0 saturated carbocycles. The molecule has 2 aliphatic rings. The molecular weight excluding hydrogens is 240 g/mol. The summed E-state index contributed by atoms with van der Waals surface area (Å²) in [6.07, 6.45) is 1.21. The van der Waals surface area contributed by atoms with Gasteiger partial charge in [-0.25, -0.2) is 0 Å². The number of benzene rings is 1. The maximum absolute atomic E-state index is 11.5. The zero-order chi connectivity index (χ0) is 13.6. The average molecular weight is 258 g/mol. The first-order chi connectivity index (χ1) is 9.06. The van der Waals surface area contributed by atoms with Crippen LogP contribution in [0.3, 0.4) is 0 Å². The van der Waals surface area contributed by atoms with Gasteiger partial charge >= 0.3 is 0 Å². The summed E-state index contributed by atoms with van der Waals surface area (Å²) in [5, 5.41) is 2.63. The number of Topliss-reactive ketones (excluding diaryl/α,β-unsaturated/α-hetero) is 1. The van der Waals surface area contributed by atoms with Crippen LogP contribution >= 0.6 is 0 Å². The summed E-state index contributed by atoms with van der Waals surface area (Å²) in [5.74, 6) is 0.474. The maximum Gasteiger partial charge on any atom is 0.296 e. The van der Waals surface area contributed by atoms with Crippen molar-refractivity contribution < 1.29 is 9.59 Å². The summed E-state index contributed by atoms with van der Waals surface area (Å²) in [6, 6.07) is 5.62. The molecule has 2 aliphatic heterocycles. The Morgan fingerprint density at radius 2 is 2.11 bits per heavy atom. The lowest BCUT2D eigenvalue weighted by Crippen LogP contribution is -2.21. The van der Waals surface area contributed by atoms with E-state index in [4.69, 9.17) is 0 Å². The van der Waals surface area contributed by atoms with Crippen molar-refractivity contribution in [1.82, 2.24) is 0 Å². The Morgan fingerprint density at radius 1 is 1.32 bits per heavy atom. The van der Waals surface area contributed by atoms with Gasteiger partial charge in [0.1, 0.15) is 0 Å². The number of nitrogens with zero attached hydrogens (tertiary/aromatic N) is 1. The van der Waals surface area contributed by atoms with Crippen molar-refractivity contribution in [3.63, 3.8) is 0 Å². The molecule has 0 spiro atoms. The number of amides is 1. The molecule has 1 fully saturated rings. The van der Waals surface area contributed by atoms with Crippen LogP contribution in [0.2, 0.25) is 0 Å². The van der Waals surface area contributed by atoms with E-state index in [1.54, 1.807) is 6.07 Å². The quantitative estimate of drug-likeness (QED) is 0.828. The number of fused-ring (bicyclic) bond motifs is 1. The van der Waals surface area contributed by atoms with E-state index >= 15 is 0 Å². The van der Waals surface area contributed by atoms with Crippen LogP contribution in [-0.4, -0.2) is 24.8 Å². The minimum Gasteiger partial charge on any atom is -0.371 e. The Kier molecular flexibility index (Phi) is 2.81. The van der Waals surface area contributed by atoms with Crippen molar-refractivity contribution >= 4 is 23.1 Å². The minimum atomic E-state index is -0.520. The third-order valence-corrected chi connectivity index (χ3v) is 4.23. The molecule has 4 nitrogen and oxygen atoms in total. The lowest BCUT2D eigenvalue weighted by Gasteiger charge is -2.20. The molecule has 19 heavy (non-hydrogen) atoms. The number of carbonyl (C=O) groups excluding carboxylic acids is 2. The minimum absolute atomic E-state index is 0.428. The smallest absolute Gasteiger partial charge is 0.296 e. The van der Waals surface area contributed by atoms with Gasteiger partial charge in [0.2, 0.25) is 0 Å². The van der Waals surface area contributed by atoms with E-state index in [2.05, 4.69) is 24.1 Å². The second-order valence-electron chi connectivity index (χ2n) is 5.75. The van der Waals surface area contributed by atoms with Gasteiger partial charge in [0.05, 0.1) is 11.3 Å². The van der Waals surface area contributed by atoms with Gasteiger partial charge in [0.15, 0.2) is 0 Å². The Morgan fingerprint density at radius 3 is 2.79 bits per heavy atom. The third kappa shape index (κ3) is 2.01. The second-order valence-corrected chi connectivity index (χ2v) is 5.75. The van der Waals surface area contributed by atoms with Crippen molar-refractivity contribution in [2.45, 2.75) is 20.3 Å². The first-order valence-electron chi connectivity index (χ1n) is 6.81. The molecule has 1 saturated heterocycles. The number of carbonyl (C=O) groups is 2. The highest BCUT2D eigenvalue weighted by Crippen LogP contribution is 2.32. The molecule has 1 unspecified atom stereocenters. The fraction of sp³-hybridized carbons (Fsp3) is 0.467. The van der Waals surface area contributed by atoms with E-state index in [-0.39, 0.29) is 0 Å². The monoisotopic (exact) mass is 258 g/mol. The zero-order valence-electron chi connectivity index (χ0n) is 11.3. The SMILES string of the molecule is CC(C)C1CCN(c2ccc3c(c2)NC(=O)C3=O)C1. The van der Waals surface area contributed by atoms with E-state index in [0.29, 0.717) is 17.2 Å². The van der Waals surface area contributed by atoms with Gasteiger partial charge in [0.25, 0.3) is 11.7 Å². The molecule has 0 bridgehead atoms. The largest absolute Gasteiger partial charge is 0.371 e. The van der Waals surface area contributed by atoms with Gasteiger partial charge in [0, 0.05) is 18.8 Å². The highest BCUT2D eigenvalue weighted by Gasteiger charge is 2.30. The maximum atomic E-state index is 11.5. The van der Waals surface area contributed by atoms with Crippen molar-refractivity contribution in [1.29, 1.82) is 0 Å². The molecule has 1 atom stereocenters. The number of hydrogen-bond donors (Lipinski definition) is 1. The number of anilines is 2. The molecule has 3 rings (SSSR count). The molecule has 0 aliphatic carbocycles. The van der Waals surface area contributed by atoms with Gasteiger partial charge in [-0.2, -0.15) is 0 Å². The summed E-state index contributed by atoms with van der Waals surface area (Å²) in [5.41, 5.74) is 2.24. The predicted octanol–water partition coefficient (Wildman–Crippen LogP) is 2.30. The average Bonchev–Trinajstić information content (AvgIpc) is 2.96. The summed E-state index contributed by atoms with van der Waals surface area (Å²) in [7, 11) is 0. The third-order valence-electron chi connectivity index (χ3n) is 4.23. The molecular formula is C15H18N2O2. The molecule has 4 heteroatoms. The molecule has 1 aromatic rings. The Hall–Kier alpha value is -1.84. The molecule has 2 heterocycles. The second kappa shape index (κ2) is 4.37. The Bertz CT molecular complexity index is 551. The van der Waals surface area contributed by atoms with Gasteiger partial charge in [-0.15, -0.1) is 0 Å². The van der Waals surface area contributed by atoms with E-state index in [1.807, 2.05) is 12.1 Å². The summed E-state index contributed by atoms with van der Waals surface area (Å²) < 4.78 is 0. The number of nitrogens with one attached hydrogen (secondary N) is 1. The van der Waals surface area contributed by atoms with Gasteiger partial charge in [-0.05, 0) is 36.5 Å². The normalized spacial score (nSPS) is 22.1. The van der Waals surface area contributed by atoms with Gasteiger partial charge < -0.3 is 10.2 Å².